The Morgan fingerprint density at radius 1 is 1.23 bits per heavy atom. The van der Waals surface area contributed by atoms with E-state index in [4.69, 9.17) is 4.74 Å². The van der Waals surface area contributed by atoms with E-state index in [1.54, 1.807) is 31.2 Å². The van der Waals surface area contributed by atoms with Crippen LogP contribution in [0.4, 0.5) is 11.6 Å². The summed E-state index contributed by atoms with van der Waals surface area (Å²) >= 11 is 0. The van der Waals surface area contributed by atoms with Crippen molar-refractivity contribution in [3.63, 3.8) is 0 Å². The number of methoxy groups -OCH3 is 1. The number of hydrogen-bond donors (Lipinski definition) is 2. The quantitative estimate of drug-likeness (QED) is 0.662. The molecule has 0 bridgehead atoms. The first-order chi connectivity index (χ1) is 14.8. The molecule has 0 radical (unpaired) electrons. The molecule has 0 spiro atoms. The fourth-order valence-corrected chi connectivity index (χ4v) is 4.02. The lowest BCUT2D eigenvalue weighted by Crippen LogP contribution is -2.48. The molecule has 0 saturated heterocycles. The Labute approximate surface area is 183 Å². The Kier molecular flexibility index (Phi) is 7.22. The van der Waals surface area contributed by atoms with Crippen LogP contribution in [0.3, 0.4) is 0 Å². The molecule has 2 aromatic rings. The van der Waals surface area contributed by atoms with Gasteiger partial charge in [0.25, 0.3) is 5.91 Å². The number of rotatable bonds is 7. The molecule has 3 atom stereocenters. The molecule has 1 aromatic carbocycles. The second-order valence-electron chi connectivity index (χ2n) is 8.01. The van der Waals surface area contributed by atoms with Crippen molar-refractivity contribution >= 4 is 23.5 Å². The average Bonchev–Trinajstić information content (AvgIpc) is 2.74. The summed E-state index contributed by atoms with van der Waals surface area (Å²) in [4.78, 5) is 35.7. The van der Waals surface area contributed by atoms with Crippen molar-refractivity contribution in [3.8, 4) is 0 Å². The van der Waals surface area contributed by atoms with Crippen molar-refractivity contribution in [3.05, 3.63) is 47.3 Å². The zero-order valence-electron chi connectivity index (χ0n) is 18.8. The predicted molar refractivity (Wildman–Crippen MR) is 120 cm³/mol. The molecule has 2 amide bonds. The summed E-state index contributed by atoms with van der Waals surface area (Å²) in [5, 5.41) is 6.36. The number of anilines is 2. The van der Waals surface area contributed by atoms with E-state index in [0.29, 0.717) is 24.7 Å². The Hall–Kier alpha value is -3.00. The molecule has 8 heteroatoms. The summed E-state index contributed by atoms with van der Waals surface area (Å²) in [6.07, 6.45) is 2.46. The van der Waals surface area contributed by atoms with Crippen LogP contribution in [-0.2, 0) is 9.53 Å². The normalized spacial score (nSPS) is 20.2. The number of aryl methyl sites for hydroxylation is 1. The predicted octanol–water partition coefficient (Wildman–Crippen LogP) is 3.10. The van der Waals surface area contributed by atoms with Gasteiger partial charge in [-0.15, -0.1) is 0 Å². The number of hydrogen-bond acceptors (Lipinski definition) is 6. The van der Waals surface area contributed by atoms with Crippen LogP contribution in [-0.4, -0.2) is 48.1 Å². The van der Waals surface area contributed by atoms with E-state index in [1.807, 2.05) is 32.0 Å². The summed E-state index contributed by atoms with van der Waals surface area (Å²) in [6.45, 7) is 8.75. The summed E-state index contributed by atoms with van der Waals surface area (Å²) in [5.41, 5.74) is 3.11. The highest BCUT2D eigenvalue weighted by Crippen LogP contribution is 2.42. The number of aromatic nitrogens is 2. The van der Waals surface area contributed by atoms with Crippen LogP contribution < -0.4 is 15.5 Å². The molecule has 1 aliphatic heterocycles. The summed E-state index contributed by atoms with van der Waals surface area (Å²) < 4.78 is 5.03. The van der Waals surface area contributed by atoms with Gasteiger partial charge in [-0.2, -0.15) is 0 Å². The van der Waals surface area contributed by atoms with Crippen molar-refractivity contribution in [2.24, 2.45) is 5.92 Å². The molecule has 1 aliphatic rings. The molecule has 2 heterocycles. The molecule has 0 unspecified atom stereocenters. The molecule has 0 saturated carbocycles. The topological polar surface area (TPSA) is 96.4 Å². The third-order valence-electron chi connectivity index (χ3n) is 5.81. The van der Waals surface area contributed by atoms with E-state index in [2.05, 4.69) is 27.5 Å². The monoisotopic (exact) mass is 425 g/mol. The summed E-state index contributed by atoms with van der Waals surface area (Å²) in [6, 6.07) is 7.16. The van der Waals surface area contributed by atoms with Gasteiger partial charge in [0.2, 0.25) is 11.9 Å². The molecule has 0 aliphatic carbocycles. The van der Waals surface area contributed by atoms with Gasteiger partial charge in [0.1, 0.15) is 0 Å². The molecule has 166 valence electrons. The van der Waals surface area contributed by atoms with E-state index in [0.717, 1.165) is 23.4 Å². The van der Waals surface area contributed by atoms with E-state index in [9.17, 15) is 9.59 Å². The fourth-order valence-electron chi connectivity index (χ4n) is 4.02. The van der Waals surface area contributed by atoms with Crippen LogP contribution in [0.15, 0.2) is 30.5 Å². The smallest absolute Gasteiger partial charge is 0.251 e. The highest BCUT2D eigenvalue weighted by atomic mass is 16.5. The molecule has 0 fully saturated rings. The standard InChI is InChI=1S/C23H31N5O3/c1-14-9-11-25-23(26-14)27-21-15(2)16(3)28(17(4)29)20-8-7-18(13-19(20)21)22(30)24-10-6-12-31-5/h7-9,11,13,15-16,21H,6,10,12H2,1-5H3,(H,24,30)(H,25,26,27)/t15-,16-,21+/m0/s1. The number of carbonyl (C=O) groups excluding carboxylic acids is 2. The Morgan fingerprint density at radius 2 is 2.00 bits per heavy atom. The van der Waals surface area contributed by atoms with Gasteiger partial charge in [0.05, 0.1) is 6.04 Å². The van der Waals surface area contributed by atoms with Crippen molar-refractivity contribution in [2.75, 3.05) is 30.5 Å². The van der Waals surface area contributed by atoms with Gasteiger partial charge >= 0.3 is 0 Å². The van der Waals surface area contributed by atoms with Crippen molar-refractivity contribution in [2.45, 2.75) is 46.2 Å². The van der Waals surface area contributed by atoms with Gasteiger partial charge in [-0.05, 0) is 50.1 Å². The third-order valence-corrected chi connectivity index (χ3v) is 5.81. The number of nitrogens with zero attached hydrogens (tertiary/aromatic N) is 3. The molecular weight excluding hydrogens is 394 g/mol. The first kappa shape index (κ1) is 22.7. The first-order valence-corrected chi connectivity index (χ1v) is 10.6. The van der Waals surface area contributed by atoms with Crippen LogP contribution in [0.25, 0.3) is 0 Å². The lowest BCUT2D eigenvalue weighted by atomic mass is 9.82. The third kappa shape index (κ3) is 5.02. The average molecular weight is 426 g/mol. The Bertz CT molecular complexity index is 949. The van der Waals surface area contributed by atoms with Gasteiger partial charge in [-0.1, -0.05) is 6.92 Å². The zero-order chi connectivity index (χ0) is 22.5. The lowest BCUT2D eigenvalue weighted by molar-refractivity contribution is -0.117. The van der Waals surface area contributed by atoms with Gasteiger partial charge in [0.15, 0.2) is 0 Å². The van der Waals surface area contributed by atoms with E-state index >= 15 is 0 Å². The number of nitrogens with one attached hydrogen (secondary N) is 2. The van der Waals surface area contributed by atoms with Gasteiger partial charge in [-0.3, -0.25) is 9.59 Å². The van der Waals surface area contributed by atoms with Crippen LogP contribution >= 0.6 is 0 Å². The molecule has 3 rings (SSSR count). The van der Waals surface area contributed by atoms with Crippen molar-refractivity contribution < 1.29 is 14.3 Å². The number of ether oxygens (including phenoxy) is 1. The minimum Gasteiger partial charge on any atom is -0.385 e. The number of amides is 2. The maximum absolute atomic E-state index is 12.7. The minimum absolute atomic E-state index is 0.0253. The van der Waals surface area contributed by atoms with E-state index in [-0.39, 0.29) is 29.8 Å². The zero-order valence-corrected chi connectivity index (χ0v) is 18.8. The number of benzene rings is 1. The van der Waals surface area contributed by atoms with E-state index in [1.165, 1.54) is 0 Å². The highest BCUT2D eigenvalue weighted by molar-refractivity contribution is 5.98. The first-order valence-electron chi connectivity index (χ1n) is 10.6. The second-order valence-corrected chi connectivity index (χ2v) is 8.01. The molecule has 2 N–H and O–H groups in total. The highest BCUT2D eigenvalue weighted by Gasteiger charge is 2.38. The lowest BCUT2D eigenvalue weighted by Gasteiger charge is -2.44. The molecular formula is C23H31N5O3. The largest absolute Gasteiger partial charge is 0.385 e. The fraction of sp³-hybridized carbons (Fsp3) is 0.478. The van der Waals surface area contributed by atoms with Crippen LogP contribution in [0, 0.1) is 12.8 Å². The Morgan fingerprint density at radius 3 is 2.68 bits per heavy atom. The molecule has 31 heavy (non-hydrogen) atoms. The SMILES string of the molecule is COCCCNC(=O)c1ccc2c(c1)[C@H](Nc1nccc(C)n1)[C@@H](C)[C@H](C)N2C(C)=O. The second kappa shape index (κ2) is 9.87. The van der Waals surface area contributed by atoms with Crippen LogP contribution in [0.1, 0.15) is 54.8 Å². The molecule has 8 nitrogen and oxygen atoms in total. The van der Waals surface area contributed by atoms with Gasteiger partial charge in [-0.25, -0.2) is 9.97 Å². The van der Waals surface area contributed by atoms with Crippen molar-refractivity contribution in [1.29, 1.82) is 0 Å². The van der Waals surface area contributed by atoms with Gasteiger partial charge < -0.3 is 20.3 Å². The number of carbonyl (C=O) groups is 2. The van der Waals surface area contributed by atoms with Crippen LogP contribution in [0.2, 0.25) is 0 Å². The summed E-state index contributed by atoms with van der Waals surface area (Å²) in [7, 11) is 1.64. The maximum atomic E-state index is 12.7. The van der Waals surface area contributed by atoms with Crippen LogP contribution in [0.5, 0.6) is 0 Å². The maximum Gasteiger partial charge on any atom is 0.251 e. The summed E-state index contributed by atoms with van der Waals surface area (Å²) in [5.74, 6) is 0.425. The van der Waals surface area contributed by atoms with Crippen molar-refractivity contribution in [1.82, 2.24) is 15.3 Å². The minimum atomic E-state index is -0.149. The Balaban J connectivity index is 1.96. The van der Waals surface area contributed by atoms with E-state index < -0.39 is 0 Å². The molecule has 1 aromatic heterocycles. The number of fused-ring (bicyclic) bond motifs is 1. The van der Waals surface area contributed by atoms with Gasteiger partial charge in [0, 0.05) is 62.3 Å².